The van der Waals surface area contributed by atoms with Crippen molar-refractivity contribution < 1.29 is 4.39 Å². The fourth-order valence-electron chi connectivity index (χ4n) is 3.00. The maximum atomic E-state index is 13.0. The third kappa shape index (κ3) is 4.85. The van der Waals surface area contributed by atoms with Crippen LogP contribution in [0, 0.1) is 5.82 Å². The molecule has 128 valence electrons. The molecule has 1 aliphatic rings. The Bertz CT molecular complexity index is 645. The van der Waals surface area contributed by atoms with E-state index in [0.717, 1.165) is 42.9 Å². The predicted molar refractivity (Wildman–Crippen MR) is 99.9 cm³/mol. The second-order valence-corrected chi connectivity index (χ2v) is 6.28. The first kappa shape index (κ1) is 18.1. The number of hydrogen-bond donors (Lipinski definition) is 1. The Hall–Kier alpha value is -2.29. The molecule has 0 spiro atoms. The zero-order valence-corrected chi connectivity index (χ0v) is 14.6. The molecule has 0 amide bonds. The number of halogens is 1. The molecule has 0 bridgehead atoms. The van der Waals surface area contributed by atoms with Crippen LogP contribution in [0.4, 0.5) is 4.39 Å². The van der Waals surface area contributed by atoms with Crippen molar-refractivity contribution in [3.8, 4) is 0 Å². The topological polar surface area (TPSA) is 29.3 Å². The maximum Gasteiger partial charge on any atom is 0.123 e. The van der Waals surface area contributed by atoms with Crippen molar-refractivity contribution >= 4 is 0 Å². The van der Waals surface area contributed by atoms with Gasteiger partial charge in [-0.05, 0) is 68.0 Å². The number of nitrogens with two attached hydrogens (primary N) is 1. The number of benzene rings is 1. The van der Waals surface area contributed by atoms with E-state index in [4.69, 9.17) is 5.73 Å². The van der Waals surface area contributed by atoms with Gasteiger partial charge in [0.1, 0.15) is 5.82 Å². The van der Waals surface area contributed by atoms with Gasteiger partial charge < -0.3 is 10.6 Å². The summed E-state index contributed by atoms with van der Waals surface area (Å²) in [7, 11) is 0. The average molecular weight is 326 g/mol. The van der Waals surface area contributed by atoms with Crippen molar-refractivity contribution in [3.05, 3.63) is 83.5 Å². The largest absolute Gasteiger partial charge is 0.399 e. The highest BCUT2D eigenvalue weighted by molar-refractivity contribution is 5.32. The summed E-state index contributed by atoms with van der Waals surface area (Å²) in [4.78, 5) is 2.29. The van der Waals surface area contributed by atoms with Gasteiger partial charge in [-0.25, -0.2) is 4.39 Å². The Morgan fingerprint density at radius 2 is 1.79 bits per heavy atom. The van der Waals surface area contributed by atoms with Gasteiger partial charge in [0.2, 0.25) is 0 Å². The molecular weight excluding hydrogens is 299 g/mol. The molecule has 0 atom stereocenters. The van der Waals surface area contributed by atoms with Crippen LogP contribution in [0.25, 0.3) is 0 Å². The van der Waals surface area contributed by atoms with E-state index in [1.54, 1.807) is 12.1 Å². The van der Waals surface area contributed by atoms with Crippen LogP contribution >= 0.6 is 0 Å². The number of hydrogen-bond acceptors (Lipinski definition) is 2. The van der Waals surface area contributed by atoms with Gasteiger partial charge in [0.05, 0.1) is 0 Å². The third-order valence-corrected chi connectivity index (χ3v) is 4.57. The monoisotopic (exact) mass is 326 g/mol. The molecule has 1 aromatic rings. The molecule has 0 aromatic heterocycles. The normalized spacial score (nSPS) is 17.5. The second-order valence-electron chi connectivity index (χ2n) is 6.28. The van der Waals surface area contributed by atoms with Gasteiger partial charge in [0.15, 0.2) is 0 Å². The van der Waals surface area contributed by atoms with Crippen molar-refractivity contribution in [2.75, 3.05) is 13.1 Å². The standard InChI is InChI=1S/C21H27FN2/c1-4-5-16(2)21(23)11-6-17(3)24-14-12-19(13-15-24)18-7-9-20(22)10-8-18/h4-11,19H,3,12-15,23H2,1-2H3/b5-4-,11-6+,21-16+. The Morgan fingerprint density at radius 1 is 1.17 bits per heavy atom. The van der Waals surface area contributed by atoms with Crippen LogP contribution in [0.1, 0.15) is 38.2 Å². The van der Waals surface area contributed by atoms with E-state index in [1.807, 2.05) is 50.3 Å². The number of nitrogens with zero attached hydrogens (tertiary/aromatic N) is 1. The van der Waals surface area contributed by atoms with Crippen molar-refractivity contribution in [1.82, 2.24) is 4.90 Å². The fraction of sp³-hybridized carbons (Fsp3) is 0.333. The Balaban J connectivity index is 1.91. The molecule has 0 unspecified atom stereocenters. The molecule has 0 saturated carbocycles. The van der Waals surface area contributed by atoms with E-state index in [0.29, 0.717) is 5.92 Å². The summed E-state index contributed by atoms with van der Waals surface area (Å²) in [5.41, 5.74) is 10.1. The van der Waals surface area contributed by atoms with Crippen LogP contribution in [0.2, 0.25) is 0 Å². The Morgan fingerprint density at radius 3 is 2.38 bits per heavy atom. The molecule has 1 fully saturated rings. The van der Waals surface area contributed by atoms with Crippen LogP contribution < -0.4 is 5.73 Å². The number of rotatable bonds is 5. The minimum atomic E-state index is -0.173. The van der Waals surface area contributed by atoms with Gasteiger partial charge >= 0.3 is 0 Å². The number of allylic oxidation sites excluding steroid dienone is 5. The highest BCUT2D eigenvalue weighted by atomic mass is 19.1. The highest BCUT2D eigenvalue weighted by Crippen LogP contribution is 2.29. The summed E-state index contributed by atoms with van der Waals surface area (Å²) < 4.78 is 13.0. The van der Waals surface area contributed by atoms with Gasteiger partial charge in [-0.2, -0.15) is 0 Å². The lowest BCUT2D eigenvalue weighted by Crippen LogP contribution is -2.31. The Kier molecular flexibility index (Phi) is 6.42. The van der Waals surface area contributed by atoms with E-state index in [-0.39, 0.29) is 5.82 Å². The molecule has 2 nitrogen and oxygen atoms in total. The quantitative estimate of drug-likeness (QED) is 0.781. The van der Waals surface area contributed by atoms with Gasteiger partial charge in [-0.1, -0.05) is 30.9 Å². The van der Waals surface area contributed by atoms with Crippen molar-refractivity contribution in [2.45, 2.75) is 32.6 Å². The lowest BCUT2D eigenvalue weighted by Gasteiger charge is -2.34. The predicted octanol–water partition coefficient (Wildman–Crippen LogP) is 4.88. The average Bonchev–Trinajstić information content (AvgIpc) is 2.60. The van der Waals surface area contributed by atoms with Crippen molar-refractivity contribution in [3.63, 3.8) is 0 Å². The van der Waals surface area contributed by atoms with Crippen LogP contribution in [0.3, 0.4) is 0 Å². The molecule has 0 radical (unpaired) electrons. The minimum absolute atomic E-state index is 0.173. The molecule has 0 aliphatic carbocycles. The first-order chi connectivity index (χ1) is 11.5. The lowest BCUT2D eigenvalue weighted by atomic mass is 9.89. The molecule has 24 heavy (non-hydrogen) atoms. The van der Waals surface area contributed by atoms with E-state index in [2.05, 4.69) is 11.5 Å². The third-order valence-electron chi connectivity index (χ3n) is 4.57. The smallest absolute Gasteiger partial charge is 0.123 e. The molecule has 3 heteroatoms. The summed E-state index contributed by atoms with van der Waals surface area (Å²) in [5.74, 6) is 0.328. The van der Waals surface area contributed by atoms with Gasteiger partial charge in [-0.15, -0.1) is 0 Å². The molecule has 1 heterocycles. The maximum absolute atomic E-state index is 13.0. The minimum Gasteiger partial charge on any atom is -0.399 e. The van der Waals surface area contributed by atoms with E-state index < -0.39 is 0 Å². The van der Waals surface area contributed by atoms with Crippen LogP contribution in [-0.2, 0) is 0 Å². The van der Waals surface area contributed by atoms with Crippen LogP contribution in [-0.4, -0.2) is 18.0 Å². The van der Waals surface area contributed by atoms with E-state index in [9.17, 15) is 4.39 Å². The van der Waals surface area contributed by atoms with Crippen LogP contribution in [0.5, 0.6) is 0 Å². The first-order valence-electron chi connectivity index (χ1n) is 8.47. The summed E-state index contributed by atoms with van der Waals surface area (Å²) in [6, 6.07) is 6.90. The Labute approximate surface area is 144 Å². The molecule has 2 N–H and O–H groups in total. The zero-order valence-electron chi connectivity index (χ0n) is 14.6. The van der Waals surface area contributed by atoms with E-state index >= 15 is 0 Å². The fourth-order valence-corrected chi connectivity index (χ4v) is 3.00. The molecular formula is C21H27FN2. The molecule has 2 rings (SSSR count). The van der Waals surface area contributed by atoms with Crippen molar-refractivity contribution in [1.29, 1.82) is 0 Å². The number of piperidine rings is 1. The number of likely N-dealkylation sites (tertiary alicyclic amines) is 1. The summed E-state index contributed by atoms with van der Waals surface area (Å²) >= 11 is 0. The second kappa shape index (κ2) is 8.53. The summed E-state index contributed by atoms with van der Waals surface area (Å²) in [5, 5.41) is 0. The van der Waals surface area contributed by atoms with Crippen LogP contribution in [0.15, 0.2) is 72.1 Å². The highest BCUT2D eigenvalue weighted by Gasteiger charge is 2.20. The molecule has 1 saturated heterocycles. The SMILES string of the molecule is C=C(/C=C/C(N)=C(C)\C=C/C)N1CCC(c2ccc(F)cc2)CC1. The van der Waals surface area contributed by atoms with E-state index in [1.165, 1.54) is 5.56 Å². The molecule has 1 aromatic carbocycles. The first-order valence-corrected chi connectivity index (χ1v) is 8.47. The van der Waals surface area contributed by atoms with Crippen molar-refractivity contribution in [2.24, 2.45) is 5.73 Å². The summed E-state index contributed by atoms with van der Waals surface area (Å²) in [6.07, 6.45) is 9.99. The van der Waals surface area contributed by atoms with Gasteiger partial charge in [0, 0.05) is 24.5 Å². The van der Waals surface area contributed by atoms with Gasteiger partial charge in [0.25, 0.3) is 0 Å². The lowest BCUT2D eigenvalue weighted by molar-refractivity contribution is 0.271. The summed E-state index contributed by atoms with van der Waals surface area (Å²) in [6.45, 7) is 10.1. The van der Waals surface area contributed by atoms with Gasteiger partial charge in [-0.3, -0.25) is 0 Å². The zero-order chi connectivity index (χ0) is 17.5. The molecule has 1 aliphatic heterocycles.